The average molecular weight is 324 g/mol. The molecule has 2 atom stereocenters. The lowest BCUT2D eigenvalue weighted by molar-refractivity contribution is -0.121. The molecule has 3 aromatic rings. The van der Waals surface area contributed by atoms with Gasteiger partial charge in [0.15, 0.2) is 0 Å². The van der Waals surface area contributed by atoms with Gasteiger partial charge in [0.05, 0.1) is 18.4 Å². The Balaban J connectivity index is 1.57. The summed E-state index contributed by atoms with van der Waals surface area (Å²) in [7, 11) is 1.88. The van der Waals surface area contributed by atoms with E-state index >= 15 is 0 Å². The highest BCUT2D eigenvalue weighted by molar-refractivity contribution is 5.81. The molecule has 0 saturated carbocycles. The molecule has 6 heteroatoms. The second-order valence-electron chi connectivity index (χ2n) is 6.51. The maximum atomic E-state index is 11.9. The van der Waals surface area contributed by atoms with Crippen LogP contribution < -0.4 is 5.73 Å². The Kier molecular flexibility index (Phi) is 3.61. The van der Waals surface area contributed by atoms with E-state index in [0.29, 0.717) is 6.54 Å². The van der Waals surface area contributed by atoms with Crippen LogP contribution in [0.15, 0.2) is 47.3 Å². The van der Waals surface area contributed by atoms with Gasteiger partial charge in [-0.2, -0.15) is 5.10 Å². The van der Waals surface area contributed by atoms with Crippen LogP contribution in [0.3, 0.4) is 0 Å². The number of hydrogen-bond acceptors (Lipinski definition) is 4. The molecule has 6 nitrogen and oxygen atoms in total. The summed E-state index contributed by atoms with van der Waals surface area (Å²) in [6.45, 7) is 2.20. The van der Waals surface area contributed by atoms with Gasteiger partial charge < -0.3 is 10.2 Å². The zero-order valence-electron chi connectivity index (χ0n) is 13.6. The first-order valence-electron chi connectivity index (χ1n) is 8.07. The maximum Gasteiger partial charge on any atom is 0.222 e. The maximum absolute atomic E-state index is 11.9. The van der Waals surface area contributed by atoms with E-state index in [1.807, 2.05) is 37.6 Å². The Morgan fingerprint density at radius 1 is 1.38 bits per heavy atom. The number of aromatic nitrogens is 2. The van der Waals surface area contributed by atoms with Gasteiger partial charge in [0.2, 0.25) is 5.91 Å². The van der Waals surface area contributed by atoms with E-state index in [-0.39, 0.29) is 17.7 Å². The van der Waals surface area contributed by atoms with Crippen LogP contribution in [-0.4, -0.2) is 33.7 Å². The molecular formula is C18H20N4O2. The van der Waals surface area contributed by atoms with Crippen LogP contribution >= 0.6 is 0 Å². The van der Waals surface area contributed by atoms with Gasteiger partial charge in [0, 0.05) is 49.7 Å². The lowest BCUT2D eigenvalue weighted by atomic mass is 9.90. The Morgan fingerprint density at radius 3 is 2.96 bits per heavy atom. The van der Waals surface area contributed by atoms with Crippen LogP contribution in [0.25, 0.3) is 11.0 Å². The first kappa shape index (κ1) is 15.0. The molecular weight excluding hydrogens is 304 g/mol. The number of rotatable bonds is 4. The van der Waals surface area contributed by atoms with E-state index in [0.717, 1.165) is 35.2 Å². The Hall–Kier alpha value is -2.60. The van der Waals surface area contributed by atoms with Gasteiger partial charge in [0.1, 0.15) is 5.58 Å². The lowest BCUT2D eigenvalue weighted by Crippen LogP contribution is -2.29. The number of hydrogen-bond donors (Lipinski definition) is 1. The molecule has 1 aliphatic rings. The Morgan fingerprint density at radius 2 is 2.21 bits per heavy atom. The van der Waals surface area contributed by atoms with Crippen molar-refractivity contribution in [3.63, 3.8) is 0 Å². The van der Waals surface area contributed by atoms with Gasteiger partial charge in [-0.05, 0) is 11.6 Å². The number of nitrogens with two attached hydrogens (primary N) is 1. The van der Waals surface area contributed by atoms with E-state index in [1.54, 1.807) is 10.9 Å². The number of likely N-dealkylation sites (tertiary alicyclic amines) is 1. The number of carbonyl (C=O) groups is 1. The molecule has 0 spiro atoms. The molecule has 1 amide bonds. The number of benzene rings is 1. The molecule has 2 aromatic heterocycles. The van der Waals surface area contributed by atoms with Crippen molar-refractivity contribution in [2.75, 3.05) is 13.1 Å². The van der Waals surface area contributed by atoms with Gasteiger partial charge in [-0.25, -0.2) is 0 Å². The highest BCUT2D eigenvalue weighted by atomic mass is 16.3. The molecule has 1 aliphatic heterocycles. The highest BCUT2D eigenvalue weighted by Crippen LogP contribution is 2.34. The molecule has 2 N–H and O–H groups in total. The molecule has 24 heavy (non-hydrogen) atoms. The van der Waals surface area contributed by atoms with Gasteiger partial charge in [0.25, 0.3) is 0 Å². The van der Waals surface area contributed by atoms with Crippen molar-refractivity contribution in [3.05, 3.63) is 54.0 Å². The third kappa shape index (κ3) is 2.59. The van der Waals surface area contributed by atoms with Crippen molar-refractivity contribution in [3.8, 4) is 0 Å². The fourth-order valence-corrected chi connectivity index (χ4v) is 3.67. The summed E-state index contributed by atoms with van der Waals surface area (Å²) in [6.07, 6.45) is 5.61. The van der Waals surface area contributed by atoms with Gasteiger partial charge in [-0.1, -0.05) is 18.2 Å². The summed E-state index contributed by atoms with van der Waals surface area (Å²) in [4.78, 5) is 14.2. The number of furan rings is 1. The summed E-state index contributed by atoms with van der Waals surface area (Å²) in [5.74, 6) is -0.342. The quantitative estimate of drug-likeness (QED) is 0.795. The summed E-state index contributed by atoms with van der Waals surface area (Å²) in [6, 6.07) is 8.00. The third-order valence-corrected chi connectivity index (χ3v) is 4.87. The van der Waals surface area contributed by atoms with Gasteiger partial charge >= 0.3 is 0 Å². The third-order valence-electron chi connectivity index (χ3n) is 4.87. The van der Waals surface area contributed by atoms with Crippen LogP contribution in [0.2, 0.25) is 0 Å². The number of amides is 1. The second kappa shape index (κ2) is 5.79. The summed E-state index contributed by atoms with van der Waals surface area (Å²) < 4.78 is 7.38. The molecule has 1 fully saturated rings. The lowest BCUT2D eigenvalue weighted by Gasteiger charge is -2.14. The number of nitrogens with zero attached hydrogens (tertiary/aromatic N) is 3. The minimum absolute atomic E-state index is 0.0920. The molecule has 3 heterocycles. The zero-order valence-corrected chi connectivity index (χ0v) is 13.6. The molecule has 1 aromatic carbocycles. The first-order chi connectivity index (χ1) is 11.6. The molecule has 0 bridgehead atoms. The zero-order chi connectivity index (χ0) is 16.7. The second-order valence-corrected chi connectivity index (χ2v) is 6.51. The molecule has 0 radical (unpaired) electrons. The number of fused-ring (bicyclic) bond motifs is 1. The Bertz CT molecular complexity index is 882. The van der Waals surface area contributed by atoms with E-state index in [2.05, 4.69) is 16.1 Å². The van der Waals surface area contributed by atoms with Crippen molar-refractivity contribution < 1.29 is 9.21 Å². The van der Waals surface area contributed by atoms with Crippen molar-refractivity contribution in [2.45, 2.75) is 12.5 Å². The molecule has 0 aliphatic carbocycles. The highest BCUT2D eigenvalue weighted by Gasteiger charge is 2.38. The molecule has 1 saturated heterocycles. The largest absolute Gasteiger partial charge is 0.464 e. The van der Waals surface area contributed by atoms with Crippen LogP contribution in [0, 0.1) is 5.92 Å². The van der Waals surface area contributed by atoms with Crippen LogP contribution in [-0.2, 0) is 18.4 Å². The van der Waals surface area contributed by atoms with Crippen LogP contribution in [0.5, 0.6) is 0 Å². The van der Waals surface area contributed by atoms with Crippen molar-refractivity contribution >= 4 is 16.9 Å². The van der Waals surface area contributed by atoms with Crippen molar-refractivity contribution in [1.29, 1.82) is 0 Å². The predicted octanol–water partition coefficient (Wildman–Crippen LogP) is 1.87. The van der Waals surface area contributed by atoms with Crippen molar-refractivity contribution in [2.24, 2.45) is 18.7 Å². The topological polar surface area (TPSA) is 77.3 Å². The van der Waals surface area contributed by atoms with E-state index in [9.17, 15) is 4.79 Å². The fourth-order valence-electron chi connectivity index (χ4n) is 3.67. The fraction of sp³-hybridized carbons (Fsp3) is 0.333. The number of aryl methyl sites for hydroxylation is 1. The van der Waals surface area contributed by atoms with E-state index in [4.69, 9.17) is 10.2 Å². The van der Waals surface area contributed by atoms with Crippen LogP contribution in [0.4, 0.5) is 0 Å². The minimum atomic E-state index is -0.247. The summed E-state index contributed by atoms with van der Waals surface area (Å²) in [5.41, 5.74) is 8.75. The molecule has 124 valence electrons. The standard InChI is InChI=1S/C18H20N4O2/c1-21-7-12(6-20-21)15-9-22(10-16(15)18(19)23)8-13-11-24-17-5-3-2-4-14(13)17/h2-7,11,15-16H,8-10H2,1H3,(H2,19,23)/t15-,16+/m1/s1. The number of primary amides is 1. The summed E-state index contributed by atoms with van der Waals surface area (Å²) in [5, 5.41) is 5.35. The van der Waals surface area contributed by atoms with Gasteiger partial charge in [-0.15, -0.1) is 0 Å². The van der Waals surface area contributed by atoms with E-state index in [1.165, 1.54) is 0 Å². The predicted molar refractivity (Wildman–Crippen MR) is 90.1 cm³/mol. The first-order valence-corrected chi connectivity index (χ1v) is 8.07. The summed E-state index contributed by atoms with van der Waals surface area (Å²) >= 11 is 0. The average Bonchev–Trinajstić information content (AvgIpc) is 3.26. The van der Waals surface area contributed by atoms with Crippen LogP contribution in [0.1, 0.15) is 17.0 Å². The number of carbonyl (C=O) groups excluding carboxylic acids is 1. The molecule has 4 rings (SSSR count). The Labute approximate surface area is 139 Å². The SMILES string of the molecule is Cn1cc([C@H]2CN(Cc3coc4ccccc34)C[C@@H]2C(N)=O)cn1. The monoisotopic (exact) mass is 324 g/mol. The normalized spacial score (nSPS) is 21.5. The molecule has 0 unspecified atom stereocenters. The van der Waals surface area contributed by atoms with E-state index < -0.39 is 0 Å². The smallest absolute Gasteiger partial charge is 0.222 e. The number of para-hydroxylation sites is 1. The van der Waals surface area contributed by atoms with Crippen molar-refractivity contribution in [1.82, 2.24) is 14.7 Å². The van der Waals surface area contributed by atoms with Gasteiger partial charge in [-0.3, -0.25) is 14.4 Å². The minimum Gasteiger partial charge on any atom is -0.464 e.